The van der Waals surface area contributed by atoms with Gasteiger partial charge in [0.1, 0.15) is 12.5 Å². The van der Waals surface area contributed by atoms with E-state index in [0.717, 1.165) is 43.9 Å². The molecule has 0 amide bonds. The van der Waals surface area contributed by atoms with Crippen molar-refractivity contribution in [3.05, 3.63) is 71.8 Å². The van der Waals surface area contributed by atoms with Gasteiger partial charge in [-0.2, -0.15) is 0 Å². The molecule has 4 nitrogen and oxygen atoms in total. The van der Waals surface area contributed by atoms with Gasteiger partial charge in [-0.25, -0.2) is 0 Å². The number of hydrogen-bond donors (Lipinski definition) is 0. The van der Waals surface area contributed by atoms with Gasteiger partial charge in [0.25, 0.3) is 0 Å². The van der Waals surface area contributed by atoms with Gasteiger partial charge in [0, 0.05) is 32.7 Å². The van der Waals surface area contributed by atoms with E-state index in [9.17, 15) is 4.79 Å². The number of likely N-dealkylation sites (N-methyl/N-ethyl adjacent to an activating group) is 1. The first-order valence-electron chi connectivity index (χ1n) is 8.91. The third-order valence-electron chi connectivity index (χ3n) is 4.75. The highest BCUT2D eigenvalue weighted by atomic mass is 35.5. The van der Waals surface area contributed by atoms with Crippen molar-refractivity contribution in [1.29, 1.82) is 0 Å². The third-order valence-corrected chi connectivity index (χ3v) is 4.75. The second-order valence-electron chi connectivity index (χ2n) is 6.57. The number of benzene rings is 2. The maximum Gasteiger partial charge on any atom is 0.317 e. The highest BCUT2D eigenvalue weighted by molar-refractivity contribution is 5.85. The second kappa shape index (κ2) is 12.0. The van der Waals surface area contributed by atoms with Gasteiger partial charge >= 0.3 is 5.97 Å². The molecule has 0 aliphatic carbocycles. The molecule has 1 aliphatic rings. The zero-order valence-electron chi connectivity index (χ0n) is 15.6. The predicted octanol–water partition coefficient (Wildman–Crippen LogP) is 3.45. The number of esters is 1. The van der Waals surface area contributed by atoms with Gasteiger partial charge in [0.15, 0.2) is 0 Å². The lowest BCUT2D eigenvalue weighted by molar-refractivity contribution is -0.144. The average Bonchev–Trinajstić information content (AvgIpc) is 2.65. The molecule has 0 saturated carbocycles. The van der Waals surface area contributed by atoms with Gasteiger partial charge in [-0.3, -0.25) is 9.69 Å². The minimum Gasteiger partial charge on any atom is -0.464 e. The van der Waals surface area contributed by atoms with Crippen molar-refractivity contribution >= 4 is 30.8 Å². The van der Waals surface area contributed by atoms with E-state index >= 15 is 0 Å². The number of halogens is 2. The Hall–Kier alpha value is -1.59. The van der Waals surface area contributed by atoms with Crippen LogP contribution >= 0.6 is 24.8 Å². The number of rotatable bonds is 6. The summed E-state index contributed by atoms with van der Waals surface area (Å²) in [6, 6.07) is 19.7. The van der Waals surface area contributed by atoms with Gasteiger partial charge in [-0.05, 0) is 18.2 Å². The lowest BCUT2D eigenvalue weighted by atomic mass is 9.91. The van der Waals surface area contributed by atoms with Gasteiger partial charge in [-0.15, -0.1) is 24.8 Å². The Bertz CT molecular complexity index is 623. The van der Waals surface area contributed by atoms with Gasteiger partial charge in [0.05, 0.1) is 0 Å². The Kier molecular flexibility index (Phi) is 10.4. The van der Waals surface area contributed by atoms with Crippen LogP contribution in [0.5, 0.6) is 0 Å². The summed E-state index contributed by atoms with van der Waals surface area (Å²) in [5.74, 6) is -0.540. The molecule has 1 aliphatic heterocycles. The molecule has 0 aromatic heterocycles. The van der Waals surface area contributed by atoms with Crippen LogP contribution in [0.1, 0.15) is 17.0 Å². The Morgan fingerprint density at radius 3 is 1.85 bits per heavy atom. The second-order valence-corrected chi connectivity index (χ2v) is 6.57. The number of ether oxygens (including phenoxy) is 1. The monoisotopic (exact) mass is 410 g/mol. The normalized spacial score (nSPS) is 14.9. The van der Waals surface area contributed by atoms with E-state index < -0.39 is 0 Å². The zero-order valence-corrected chi connectivity index (χ0v) is 17.3. The lowest BCUT2D eigenvalue weighted by Gasteiger charge is -2.32. The largest absolute Gasteiger partial charge is 0.464 e. The molecule has 0 unspecified atom stereocenters. The highest BCUT2D eigenvalue weighted by Crippen LogP contribution is 2.25. The van der Waals surface area contributed by atoms with E-state index in [1.54, 1.807) is 0 Å². The Labute approximate surface area is 174 Å². The molecule has 148 valence electrons. The minimum absolute atomic E-state index is 0. The Morgan fingerprint density at radius 2 is 1.37 bits per heavy atom. The van der Waals surface area contributed by atoms with Crippen molar-refractivity contribution in [3.8, 4) is 0 Å². The summed E-state index contributed by atoms with van der Waals surface area (Å²) in [5.41, 5.74) is 1.94. The van der Waals surface area contributed by atoms with E-state index in [1.165, 1.54) is 0 Å². The fourth-order valence-corrected chi connectivity index (χ4v) is 3.19. The van der Waals surface area contributed by atoms with Crippen LogP contribution in [0.3, 0.4) is 0 Å². The first kappa shape index (κ1) is 23.4. The molecule has 3 rings (SSSR count). The maximum absolute atomic E-state index is 12.8. The van der Waals surface area contributed by atoms with Crippen molar-refractivity contribution in [2.45, 2.75) is 5.92 Å². The molecule has 1 heterocycles. The molecule has 6 heteroatoms. The van der Waals surface area contributed by atoms with Crippen molar-refractivity contribution in [2.75, 3.05) is 46.4 Å². The quantitative estimate of drug-likeness (QED) is 0.682. The van der Waals surface area contributed by atoms with Crippen LogP contribution in [0.2, 0.25) is 0 Å². The molecule has 0 bridgehead atoms. The third kappa shape index (κ3) is 6.82. The molecule has 0 atom stereocenters. The SMILES string of the molecule is CN1CCN(CCOC(=O)C(c2ccccc2)c2ccccc2)CC1.Cl.Cl. The van der Waals surface area contributed by atoms with Crippen LogP contribution in [0.15, 0.2) is 60.7 Å². The van der Waals surface area contributed by atoms with Crippen molar-refractivity contribution < 1.29 is 9.53 Å². The number of piperazine rings is 1. The Morgan fingerprint density at radius 1 is 0.889 bits per heavy atom. The van der Waals surface area contributed by atoms with E-state index in [2.05, 4.69) is 16.8 Å². The molecule has 0 N–H and O–H groups in total. The fraction of sp³-hybridized carbons (Fsp3) is 0.381. The first-order chi connectivity index (χ1) is 12.2. The van der Waals surface area contributed by atoms with Crippen molar-refractivity contribution in [3.63, 3.8) is 0 Å². The van der Waals surface area contributed by atoms with Crippen LogP contribution in [-0.2, 0) is 9.53 Å². The molecular weight excluding hydrogens is 383 g/mol. The first-order valence-corrected chi connectivity index (χ1v) is 8.91. The fourth-order valence-electron chi connectivity index (χ4n) is 3.19. The summed E-state index contributed by atoms with van der Waals surface area (Å²) in [6.45, 7) is 5.47. The lowest BCUT2D eigenvalue weighted by Crippen LogP contribution is -2.45. The van der Waals surface area contributed by atoms with Crippen LogP contribution in [0.25, 0.3) is 0 Å². The summed E-state index contributed by atoms with van der Waals surface area (Å²) >= 11 is 0. The average molecular weight is 411 g/mol. The number of hydrogen-bond acceptors (Lipinski definition) is 4. The molecule has 2 aromatic rings. The van der Waals surface area contributed by atoms with Crippen LogP contribution < -0.4 is 0 Å². The standard InChI is InChI=1S/C21H26N2O2.2ClH/c1-22-12-14-23(15-13-22)16-17-25-21(24)20(18-8-4-2-5-9-18)19-10-6-3-7-11-19;;/h2-11,20H,12-17H2,1H3;2*1H. The van der Waals surface area contributed by atoms with Crippen molar-refractivity contribution in [2.24, 2.45) is 0 Å². The number of nitrogens with zero attached hydrogens (tertiary/aromatic N) is 2. The summed E-state index contributed by atoms with van der Waals surface area (Å²) in [4.78, 5) is 17.5. The Balaban J connectivity index is 0.00000182. The molecule has 2 aromatic carbocycles. The van der Waals surface area contributed by atoms with E-state index in [4.69, 9.17) is 4.74 Å². The van der Waals surface area contributed by atoms with Gasteiger partial charge in [0.2, 0.25) is 0 Å². The van der Waals surface area contributed by atoms with Crippen LogP contribution in [-0.4, -0.2) is 62.1 Å². The summed E-state index contributed by atoms with van der Waals surface area (Å²) < 4.78 is 5.65. The van der Waals surface area contributed by atoms with Crippen LogP contribution in [0.4, 0.5) is 0 Å². The summed E-state index contributed by atoms with van der Waals surface area (Å²) in [6.07, 6.45) is 0. The minimum atomic E-state index is -0.366. The van der Waals surface area contributed by atoms with E-state index in [1.807, 2.05) is 60.7 Å². The summed E-state index contributed by atoms with van der Waals surface area (Å²) in [5, 5.41) is 0. The smallest absolute Gasteiger partial charge is 0.317 e. The summed E-state index contributed by atoms with van der Waals surface area (Å²) in [7, 11) is 2.14. The number of carbonyl (C=O) groups excluding carboxylic acids is 1. The predicted molar refractivity (Wildman–Crippen MR) is 114 cm³/mol. The molecule has 27 heavy (non-hydrogen) atoms. The molecule has 1 saturated heterocycles. The highest BCUT2D eigenvalue weighted by Gasteiger charge is 2.24. The molecular formula is C21H28Cl2N2O2. The molecule has 1 fully saturated rings. The van der Waals surface area contributed by atoms with Gasteiger partial charge < -0.3 is 9.64 Å². The van der Waals surface area contributed by atoms with Gasteiger partial charge in [-0.1, -0.05) is 60.7 Å². The van der Waals surface area contributed by atoms with Crippen molar-refractivity contribution in [1.82, 2.24) is 9.80 Å². The molecule has 0 radical (unpaired) electrons. The zero-order chi connectivity index (χ0) is 17.5. The molecule has 0 spiro atoms. The van der Waals surface area contributed by atoms with E-state index in [-0.39, 0.29) is 36.7 Å². The van der Waals surface area contributed by atoms with E-state index in [0.29, 0.717) is 6.61 Å². The number of carbonyl (C=O) groups is 1. The maximum atomic E-state index is 12.8. The topological polar surface area (TPSA) is 32.8 Å². The van der Waals surface area contributed by atoms with Crippen LogP contribution in [0, 0.1) is 0 Å².